The number of nitrogens with one attached hydrogen (secondary N) is 1. The molecule has 2 aliphatic rings. The first-order valence-electron chi connectivity index (χ1n) is 12.3. The number of hydrogen-bond donors (Lipinski definition) is 1. The summed E-state index contributed by atoms with van der Waals surface area (Å²) in [6, 6.07) is 11.8. The Kier molecular flexibility index (Phi) is 5.74. The summed E-state index contributed by atoms with van der Waals surface area (Å²) in [4.78, 5) is 21.4. The van der Waals surface area contributed by atoms with Crippen LogP contribution < -0.4 is 15.0 Å². The van der Waals surface area contributed by atoms with E-state index in [2.05, 4.69) is 15.1 Å². The Hall–Kier alpha value is -3.65. The van der Waals surface area contributed by atoms with E-state index in [1.54, 1.807) is 13.3 Å². The lowest BCUT2D eigenvalue weighted by atomic mass is 9.95. The molecule has 180 valence electrons. The van der Waals surface area contributed by atoms with Gasteiger partial charge >= 0.3 is 0 Å². The minimum absolute atomic E-state index is 0.00554. The van der Waals surface area contributed by atoms with Gasteiger partial charge in [0.2, 0.25) is 0 Å². The van der Waals surface area contributed by atoms with E-state index in [9.17, 15) is 4.79 Å². The molecule has 0 aliphatic carbocycles. The third-order valence-electron chi connectivity index (χ3n) is 7.19. The van der Waals surface area contributed by atoms with Crippen LogP contribution in [-0.2, 0) is 13.0 Å². The van der Waals surface area contributed by atoms with Crippen molar-refractivity contribution >= 4 is 10.9 Å². The van der Waals surface area contributed by atoms with Gasteiger partial charge in [0.15, 0.2) is 0 Å². The van der Waals surface area contributed by atoms with Gasteiger partial charge in [-0.3, -0.25) is 14.5 Å². The van der Waals surface area contributed by atoms with Crippen molar-refractivity contribution in [2.45, 2.75) is 31.7 Å². The van der Waals surface area contributed by atoms with Gasteiger partial charge in [-0.25, -0.2) is 4.98 Å². The van der Waals surface area contributed by atoms with Gasteiger partial charge < -0.3 is 14.4 Å². The Morgan fingerprint density at radius 2 is 2.00 bits per heavy atom. The molecule has 0 saturated carbocycles. The van der Waals surface area contributed by atoms with Crippen molar-refractivity contribution in [1.29, 1.82) is 0 Å². The third kappa shape index (κ3) is 4.18. The maximum Gasteiger partial charge on any atom is 0.261 e. The fourth-order valence-corrected chi connectivity index (χ4v) is 5.27. The number of nitrogens with zero attached hydrogens (tertiary/aromatic N) is 4. The maximum atomic E-state index is 13.9. The van der Waals surface area contributed by atoms with Gasteiger partial charge in [0.05, 0.1) is 36.7 Å². The first-order chi connectivity index (χ1) is 17.2. The molecule has 2 aliphatic heterocycles. The van der Waals surface area contributed by atoms with Crippen LogP contribution in [0.25, 0.3) is 22.0 Å². The summed E-state index contributed by atoms with van der Waals surface area (Å²) in [7, 11) is 1.67. The summed E-state index contributed by atoms with van der Waals surface area (Å²) in [5.74, 6) is 2.46. The molecule has 0 spiro atoms. The number of ether oxygens (including phenoxy) is 2. The zero-order valence-corrected chi connectivity index (χ0v) is 19.9. The maximum absolute atomic E-state index is 13.9. The quantitative estimate of drug-likeness (QED) is 0.463. The lowest BCUT2D eigenvalue weighted by Gasteiger charge is -2.28. The van der Waals surface area contributed by atoms with E-state index in [-0.39, 0.29) is 11.5 Å². The highest BCUT2D eigenvalue weighted by molar-refractivity contribution is 5.83. The molecule has 4 heterocycles. The van der Waals surface area contributed by atoms with Gasteiger partial charge in [0.1, 0.15) is 17.3 Å². The molecule has 2 aromatic carbocycles. The zero-order valence-electron chi connectivity index (χ0n) is 19.9. The average Bonchev–Trinajstić information content (AvgIpc) is 3.62. The highest BCUT2D eigenvalue weighted by atomic mass is 16.5. The molecule has 2 aromatic heterocycles. The van der Waals surface area contributed by atoms with Crippen LogP contribution in [0.15, 0.2) is 53.6 Å². The fraction of sp³-hybridized carbons (Fsp3) is 0.370. The van der Waals surface area contributed by atoms with Crippen molar-refractivity contribution in [1.82, 2.24) is 24.6 Å². The number of likely N-dealkylation sites (tertiary alicyclic amines) is 1. The van der Waals surface area contributed by atoms with Crippen molar-refractivity contribution in [3.8, 4) is 22.6 Å². The zero-order chi connectivity index (χ0) is 23.8. The Labute approximate surface area is 203 Å². The number of methoxy groups -OCH3 is 1. The molecular formula is C27H29N5O3. The summed E-state index contributed by atoms with van der Waals surface area (Å²) >= 11 is 0. The van der Waals surface area contributed by atoms with Gasteiger partial charge in [-0.2, -0.15) is 5.10 Å². The highest BCUT2D eigenvalue weighted by Gasteiger charge is 2.27. The number of aromatic amines is 1. The second kappa shape index (κ2) is 9.19. The van der Waals surface area contributed by atoms with E-state index in [0.29, 0.717) is 24.1 Å². The van der Waals surface area contributed by atoms with Crippen LogP contribution in [0.4, 0.5) is 0 Å². The number of benzene rings is 2. The van der Waals surface area contributed by atoms with Crippen LogP contribution in [0.1, 0.15) is 30.1 Å². The monoisotopic (exact) mass is 471 g/mol. The molecule has 1 fully saturated rings. The van der Waals surface area contributed by atoms with Crippen LogP contribution in [0.2, 0.25) is 0 Å². The predicted molar refractivity (Wildman–Crippen MR) is 134 cm³/mol. The summed E-state index contributed by atoms with van der Waals surface area (Å²) in [5.41, 5.74) is 3.70. The highest BCUT2D eigenvalue weighted by Crippen LogP contribution is 2.34. The van der Waals surface area contributed by atoms with Crippen LogP contribution in [0, 0.1) is 0 Å². The van der Waals surface area contributed by atoms with Crippen LogP contribution >= 0.6 is 0 Å². The minimum atomic E-state index is -0.0150. The number of hydrogen-bond acceptors (Lipinski definition) is 6. The summed E-state index contributed by atoms with van der Waals surface area (Å²) < 4.78 is 13.4. The van der Waals surface area contributed by atoms with Gasteiger partial charge in [-0.1, -0.05) is 6.07 Å². The average molecular weight is 472 g/mol. The molecule has 6 rings (SSSR count). The van der Waals surface area contributed by atoms with E-state index in [1.807, 2.05) is 47.2 Å². The molecule has 0 amide bonds. The van der Waals surface area contributed by atoms with Gasteiger partial charge in [-0.15, -0.1) is 0 Å². The molecule has 1 unspecified atom stereocenters. The molecule has 8 heteroatoms. The lowest BCUT2D eigenvalue weighted by Crippen LogP contribution is -2.34. The van der Waals surface area contributed by atoms with Gasteiger partial charge in [0.25, 0.3) is 5.56 Å². The first-order valence-corrected chi connectivity index (χ1v) is 12.3. The fourth-order valence-electron chi connectivity index (χ4n) is 5.27. The van der Waals surface area contributed by atoms with E-state index in [0.717, 1.165) is 60.1 Å². The largest absolute Gasteiger partial charge is 0.497 e. The molecule has 1 N–H and O–H groups in total. The molecule has 1 atom stereocenters. The Bertz CT molecular complexity index is 1410. The van der Waals surface area contributed by atoms with Crippen molar-refractivity contribution in [3.05, 3.63) is 70.5 Å². The number of H-pyrrole nitrogens is 1. The lowest BCUT2D eigenvalue weighted by molar-refractivity contribution is 0.249. The van der Waals surface area contributed by atoms with Gasteiger partial charge in [-0.05, 0) is 73.8 Å². The Morgan fingerprint density at radius 3 is 2.80 bits per heavy atom. The SMILES string of the molecule is COc1ccc2c(c1)CC(c1nc3ccc(-c4cn[nH]c4)cc3c(=O)n1CCN1CCCC1)CO2. The molecule has 0 bridgehead atoms. The molecule has 35 heavy (non-hydrogen) atoms. The third-order valence-corrected chi connectivity index (χ3v) is 7.19. The summed E-state index contributed by atoms with van der Waals surface area (Å²) in [6.45, 7) is 4.15. The van der Waals surface area contributed by atoms with Crippen LogP contribution in [0.3, 0.4) is 0 Å². The van der Waals surface area contributed by atoms with Crippen LogP contribution in [-0.4, -0.2) is 58.0 Å². The van der Waals surface area contributed by atoms with Crippen molar-refractivity contribution < 1.29 is 9.47 Å². The molecule has 4 aromatic rings. The molecule has 8 nitrogen and oxygen atoms in total. The van der Waals surface area contributed by atoms with Crippen molar-refractivity contribution in [2.24, 2.45) is 0 Å². The predicted octanol–water partition coefficient (Wildman–Crippen LogP) is 3.61. The second-order valence-corrected chi connectivity index (χ2v) is 9.38. The van der Waals surface area contributed by atoms with Crippen molar-refractivity contribution in [3.63, 3.8) is 0 Å². The number of aromatic nitrogens is 4. The minimum Gasteiger partial charge on any atom is -0.497 e. The van der Waals surface area contributed by atoms with E-state index in [1.165, 1.54) is 12.8 Å². The topological polar surface area (TPSA) is 85.3 Å². The normalized spacial score (nSPS) is 17.9. The standard InChI is InChI=1S/C27H29N5O3/c1-34-22-5-7-25-19(13-22)12-20(17-35-25)26-30-24-6-4-18(21-15-28-29-16-21)14-23(24)27(33)32(26)11-10-31-8-2-3-9-31/h4-7,13-16,20H,2-3,8-12,17H2,1H3,(H,28,29). The number of fused-ring (bicyclic) bond motifs is 2. The Balaban J connectivity index is 1.42. The van der Waals surface area contributed by atoms with E-state index < -0.39 is 0 Å². The van der Waals surface area contributed by atoms with E-state index in [4.69, 9.17) is 14.5 Å². The van der Waals surface area contributed by atoms with Crippen molar-refractivity contribution in [2.75, 3.05) is 33.4 Å². The molecule has 1 saturated heterocycles. The molecular weight excluding hydrogens is 442 g/mol. The smallest absolute Gasteiger partial charge is 0.261 e. The summed E-state index contributed by atoms with van der Waals surface area (Å²) in [6.07, 6.45) is 6.79. The van der Waals surface area contributed by atoms with Crippen LogP contribution in [0.5, 0.6) is 11.5 Å². The Morgan fingerprint density at radius 1 is 1.11 bits per heavy atom. The first kappa shape index (κ1) is 21.9. The second-order valence-electron chi connectivity index (χ2n) is 9.38. The van der Waals surface area contributed by atoms with Gasteiger partial charge in [0, 0.05) is 24.8 Å². The van der Waals surface area contributed by atoms with E-state index >= 15 is 0 Å². The molecule has 0 radical (unpaired) electrons. The summed E-state index contributed by atoms with van der Waals surface area (Å²) in [5, 5.41) is 7.52. The number of rotatable bonds is 6.